The molecular formula is C17H16F2N4O2S. The molecule has 0 aliphatic carbocycles. The van der Waals surface area contributed by atoms with Crippen molar-refractivity contribution in [2.45, 2.75) is 26.5 Å². The third-order valence-corrected chi connectivity index (χ3v) is 4.48. The molecule has 0 aliphatic heterocycles. The number of alkyl halides is 2. The maximum atomic E-state index is 12.4. The van der Waals surface area contributed by atoms with Gasteiger partial charge in [0.15, 0.2) is 5.13 Å². The highest BCUT2D eigenvalue weighted by Gasteiger charge is 2.18. The molecule has 0 spiro atoms. The van der Waals surface area contributed by atoms with Crippen molar-refractivity contribution >= 4 is 22.4 Å². The van der Waals surface area contributed by atoms with E-state index in [0.717, 1.165) is 11.3 Å². The topological polar surface area (TPSA) is 69.0 Å². The first-order valence-corrected chi connectivity index (χ1v) is 8.64. The number of nitrogens with zero attached hydrogens (tertiary/aromatic N) is 3. The Hall–Kier alpha value is -2.81. The number of thiazole rings is 1. The third-order valence-electron chi connectivity index (χ3n) is 3.72. The van der Waals surface area contributed by atoms with Gasteiger partial charge in [-0.3, -0.25) is 9.48 Å². The Kier molecular flexibility index (Phi) is 5.27. The van der Waals surface area contributed by atoms with Crippen LogP contribution in [-0.2, 0) is 4.79 Å². The number of ether oxygens (including phenoxy) is 1. The Morgan fingerprint density at radius 1 is 1.27 bits per heavy atom. The fraction of sp³-hybridized carbons (Fsp3) is 0.235. The summed E-state index contributed by atoms with van der Waals surface area (Å²) >= 11 is 1.28. The van der Waals surface area contributed by atoms with Gasteiger partial charge in [0, 0.05) is 22.8 Å². The van der Waals surface area contributed by atoms with E-state index in [1.165, 1.54) is 23.5 Å². The Balaban J connectivity index is 1.68. The van der Waals surface area contributed by atoms with Crippen molar-refractivity contribution in [3.05, 3.63) is 47.6 Å². The van der Waals surface area contributed by atoms with Crippen molar-refractivity contribution in [2.75, 3.05) is 5.32 Å². The molecule has 0 saturated carbocycles. The van der Waals surface area contributed by atoms with Crippen LogP contribution in [0.3, 0.4) is 0 Å². The summed E-state index contributed by atoms with van der Waals surface area (Å²) in [4.78, 5) is 16.7. The van der Waals surface area contributed by atoms with Crippen molar-refractivity contribution in [3.8, 4) is 17.0 Å². The molecule has 0 bridgehead atoms. The Bertz CT molecular complexity index is 892. The molecule has 136 valence electrons. The molecule has 2 aromatic heterocycles. The van der Waals surface area contributed by atoms with Gasteiger partial charge in [-0.2, -0.15) is 13.9 Å². The lowest BCUT2D eigenvalue weighted by molar-refractivity contribution is -0.119. The van der Waals surface area contributed by atoms with E-state index in [0.29, 0.717) is 10.8 Å². The number of aryl methyl sites for hydroxylation is 1. The normalized spacial score (nSPS) is 12.2. The van der Waals surface area contributed by atoms with Crippen LogP contribution in [0, 0.1) is 6.92 Å². The number of amides is 1. The second kappa shape index (κ2) is 7.61. The molecule has 9 heteroatoms. The van der Waals surface area contributed by atoms with Gasteiger partial charge < -0.3 is 10.1 Å². The predicted octanol–water partition coefficient (Wildman–Crippen LogP) is 4.12. The standard InChI is InChI=1S/C17H16F2N4O2S/c1-10-7-8-20-23(10)11(2)15(24)22-17-21-14(9-26-17)12-3-5-13(6-4-12)25-16(18)19/h3-9,11,16H,1-2H3,(H,21,22,24). The van der Waals surface area contributed by atoms with E-state index in [2.05, 4.69) is 20.1 Å². The molecule has 1 amide bonds. The molecule has 1 aromatic carbocycles. The Labute approximate surface area is 152 Å². The summed E-state index contributed by atoms with van der Waals surface area (Å²) < 4.78 is 30.3. The van der Waals surface area contributed by atoms with E-state index >= 15 is 0 Å². The lowest BCUT2D eigenvalue weighted by atomic mass is 10.2. The molecule has 3 aromatic rings. The maximum absolute atomic E-state index is 12.4. The molecule has 1 N–H and O–H groups in total. The van der Waals surface area contributed by atoms with E-state index in [1.807, 2.05) is 13.0 Å². The molecule has 1 atom stereocenters. The van der Waals surface area contributed by atoms with Gasteiger partial charge in [-0.05, 0) is 44.2 Å². The SMILES string of the molecule is Cc1ccnn1C(C)C(=O)Nc1nc(-c2ccc(OC(F)F)cc2)cs1. The quantitative estimate of drug-likeness (QED) is 0.701. The highest BCUT2D eigenvalue weighted by molar-refractivity contribution is 7.14. The smallest absolute Gasteiger partial charge is 0.387 e. The summed E-state index contributed by atoms with van der Waals surface area (Å²) in [5.74, 6) is -0.144. The number of nitrogens with one attached hydrogen (secondary N) is 1. The minimum absolute atomic E-state index is 0.0796. The molecule has 0 radical (unpaired) electrons. The highest BCUT2D eigenvalue weighted by Crippen LogP contribution is 2.27. The predicted molar refractivity (Wildman–Crippen MR) is 94.5 cm³/mol. The summed E-state index contributed by atoms with van der Waals surface area (Å²) in [6, 6.07) is 7.51. The Morgan fingerprint density at radius 2 is 2.00 bits per heavy atom. The van der Waals surface area contributed by atoms with Crippen molar-refractivity contribution < 1.29 is 18.3 Å². The Morgan fingerprint density at radius 3 is 2.62 bits per heavy atom. The largest absolute Gasteiger partial charge is 0.435 e. The first-order valence-electron chi connectivity index (χ1n) is 7.76. The molecule has 26 heavy (non-hydrogen) atoms. The summed E-state index contributed by atoms with van der Waals surface area (Å²) in [5.41, 5.74) is 2.26. The van der Waals surface area contributed by atoms with Gasteiger partial charge in [-0.1, -0.05) is 0 Å². The van der Waals surface area contributed by atoms with Crippen LogP contribution in [-0.4, -0.2) is 27.3 Å². The molecule has 3 rings (SSSR count). The molecule has 0 saturated heterocycles. The summed E-state index contributed by atoms with van der Waals surface area (Å²) in [6.45, 7) is 0.771. The lowest BCUT2D eigenvalue weighted by Crippen LogP contribution is -2.25. The van der Waals surface area contributed by atoms with Crippen LogP contribution in [0.4, 0.5) is 13.9 Å². The summed E-state index contributed by atoms with van der Waals surface area (Å²) in [6.07, 6.45) is 1.64. The number of hydrogen-bond donors (Lipinski definition) is 1. The first kappa shape index (κ1) is 18.0. The number of benzene rings is 1. The first-order chi connectivity index (χ1) is 12.4. The van der Waals surface area contributed by atoms with Crippen molar-refractivity contribution in [1.82, 2.24) is 14.8 Å². The third kappa shape index (κ3) is 4.05. The molecule has 6 nitrogen and oxygen atoms in total. The van der Waals surface area contributed by atoms with Gasteiger partial charge in [0.1, 0.15) is 11.8 Å². The zero-order chi connectivity index (χ0) is 18.7. The number of rotatable bonds is 6. The molecular weight excluding hydrogens is 362 g/mol. The van der Waals surface area contributed by atoms with Crippen molar-refractivity contribution in [1.29, 1.82) is 0 Å². The van der Waals surface area contributed by atoms with E-state index in [1.54, 1.807) is 35.3 Å². The number of anilines is 1. The number of carbonyl (C=O) groups excluding carboxylic acids is 1. The van der Waals surface area contributed by atoms with Gasteiger partial charge in [-0.25, -0.2) is 4.98 Å². The van der Waals surface area contributed by atoms with Gasteiger partial charge in [0.2, 0.25) is 0 Å². The molecule has 0 aliphatic rings. The number of carbonyl (C=O) groups is 1. The minimum Gasteiger partial charge on any atom is -0.435 e. The number of halogens is 2. The minimum atomic E-state index is -2.86. The van der Waals surface area contributed by atoms with Gasteiger partial charge >= 0.3 is 6.61 Å². The van der Waals surface area contributed by atoms with E-state index in [4.69, 9.17) is 0 Å². The van der Waals surface area contributed by atoms with Gasteiger partial charge in [0.25, 0.3) is 5.91 Å². The van der Waals surface area contributed by atoms with Crippen LogP contribution in [0.2, 0.25) is 0 Å². The van der Waals surface area contributed by atoms with E-state index < -0.39 is 12.7 Å². The second-order valence-electron chi connectivity index (χ2n) is 5.52. The number of aromatic nitrogens is 3. The average Bonchev–Trinajstić information content (AvgIpc) is 3.23. The summed E-state index contributed by atoms with van der Waals surface area (Å²) in [5, 5.41) is 9.14. The zero-order valence-corrected chi connectivity index (χ0v) is 14.8. The zero-order valence-electron chi connectivity index (χ0n) is 14.0. The van der Waals surface area contributed by atoms with E-state index in [9.17, 15) is 13.6 Å². The highest BCUT2D eigenvalue weighted by atomic mass is 32.1. The fourth-order valence-corrected chi connectivity index (χ4v) is 3.10. The molecule has 2 heterocycles. The van der Waals surface area contributed by atoms with Crippen molar-refractivity contribution in [3.63, 3.8) is 0 Å². The van der Waals surface area contributed by atoms with Crippen LogP contribution < -0.4 is 10.1 Å². The summed E-state index contributed by atoms with van der Waals surface area (Å²) in [7, 11) is 0. The van der Waals surface area contributed by atoms with Crippen LogP contribution in [0.25, 0.3) is 11.3 Å². The second-order valence-corrected chi connectivity index (χ2v) is 6.38. The van der Waals surface area contributed by atoms with Gasteiger partial charge in [-0.15, -0.1) is 11.3 Å². The average molecular weight is 378 g/mol. The van der Waals surface area contributed by atoms with Crippen LogP contribution >= 0.6 is 11.3 Å². The van der Waals surface area contributed by atoms with Crippen LogP contribution in [0.1, 0.15) is 18.7 Å². The number of hydrogen-bond acceptors (Lipinski definition) is 5. The monoisotopic (exact) mass is 378 g/mol. The lowest BCUT2D eigenvalue weighted by Gasteiger charge is -2.13. The molecule has 0 fully saturated rings. The maximum Gasteiger partial charge on any atom is 0.387 e. The van der Waals surface area contributed by atoms with Gasteiger partial charge in [0.05, 0.1) is 5.69 Å². The van der Waals surface area contributed by atoms with E-state index in [-0.39, 0.29) is 11.7 Å². The fourth-order valence-electron chi connectivity index (χ4n) is 2.38. The van der Waals surface area contributed by atoms with Crippen molar-refractivity contribution in [2.24, 2.45) is 0 Å². The molecule has 1 unspecified atom stereocenters. The van der Waals surface area contributed by atoms with Crippen LogP contribution in [0.15, 0.2) is 41.9 Å². The van der Waals surface area contributed by atoms with Crippen LogP contribution in [0.5, 0.6) is 5.75 Å².